The van der Waals surface area contributed by atoms with Crippen molar-refractivity contribution in [1.29, 1.82) is 0 Å². The molecule has 1 saturated heterocycles. The lowest BCUT2D eigenvalue weighted by Gasteiger charge is -2.26. The highest BCUT2D eigenvalue weighted by atomic mass is 35.5. The molecule has 1 spiro atoms. The summed E-state index contributed by atoms with van der Waals surface area (Å²) in [6, 6.07) is 8.78. The van der Waals surface area contributed by atoms with E-state index in [1.165, 1.54) is 43.2 Å². The van der Waals surface area contributed by atoms with Crippen LogP contribution in [0.15, 0.2) is 24.3 Å². The minimum Gasteiger partial charge on any atom is -0.356 e. The van der Waals surface area contributed by atoms with Gasteiger partial charge in [-0.2, -0.15) is 0 Å². The van der Waals surface area contributed by atoms with Crippen molar-refractivity contribution in [3.05, 3.63) is 35.4 Å². The van der Waals surface area contributed by atoms with Gasteiger partial charge in [0.2, 0.25) is 5.91 Å². The van der Waals surface area contributed by atoms with Gasteiger partial charge in [-0.15, -0.1) is 12.4 Å². The molecule has 1 aliphatic heterocycles. The molecule has 3 nitrogen and oxygen atoms in total. The van der Waals surface area contributed by atoms with E-state index in [2.05, 4.69) is 34.9 Å². The summed E-state index contributed by atoms with van der Waals surface area (Å²) in [6.45, 7) is 3.13. The lowest BCUT2D eigenvalue weighted by atomic mass is 9.78. The molecule has 1 aromatic carbocycles. The van der Waals surface area contributed by atoms with Crippen molar-refractivity contribution in [2.45, 2.75) is 50.4 Å². The molecular formula is C20H29ClN2O. The zero-order chi connectivity index (χ0) is 15.7. The van der Waals surface area contributed by atoms with Crippen LogP contribution in [0.25, 0.3) is 0 Å². The van der Waals surface area contributed by atoms with E-state index in [4.69, 9.17) is 0 Å². The van der Waals surface area contributed by atoms with Crippen molar-refractivity contribution in [2.24, 2.45) is 11.8 Å². The predicted octanol–water partition coefficient (Wildman–Crippen LogP) is 3.21. The third-order valence-corrected chi connectivity index (χ3v) is 6.27. The molecule has 1 amide bonds. The average Bonchev–Trinajstić information content (AvgIpc) is 3.31. The van der Waals surface area contributed by atoms with Crippen molar-refractivity contribution in [3.63, 3.8) is 0 Å². The fraction of sp³-hybridized carbons (Fsp3) is 0.650. The molecule has 1 aromatic rings. The highest BCUT2D eigenvalue weighted by Crippen LogP contribution is 2.60. The number of nitrogens with one attached hydrogen (secondary N) is 2. The number of aryl methyl sites for hydroxylation is 1. The zero-order valence-electron chi connectivity index (χ0n) is 14.4. The van der Waals surface area contributed by atoms with E-state index in [9.17, 15) is 4.79 Å². The van der Waals surface area contributed by atoms with Crippen molar-refractivity contribution in [3.8, 4) is 0 Å². The van der Waals surface area contributed by atoms with Gasteiger partial charge in [-0.05, 0) is 75.1 Å². The Labute approximate surface area is 151 Å². The number of hydrogen-bond acceptors (Lipinski definition) is 2. The van der Waals surface area contributed by atoms with E-state index >= 15 is 0 Å². The van der Waals surface area contributed by atoms with Crippen LogP contribution < -0.4 is 10.6 Å². The fourth-order valence-corrected chi connectivity index (χ4v) is 4.87. The lowest BCUT2D eigenvalue weighted by Crippen LogP contribution is -2.34. The summed E-state index contributed by atoms with van der Waals surface area (Å²) in [7, 11) is 0. The van der Waals surface area contributed by atoms with Crippen molar-refractivity contribution in [1.82, 2.24) is 10.6 Å². The van der Waals surface area contributed by atoms with Crippen LogP contribution in [0.2, 0.25) is 0 Å². The molecule has 1 heterocycles. The van der Waals surface area contributed by atoms with Gasteiger partial charge >= 0.3 is 0 Å². The quantitative estimate of drug-likeness (QED) is 0.877. The van der Waals surface area contributed by atoms with Crippen LogP contribution in [0.3, 0.4) is 0 Å². The van der Waals surface area contributed by atoms with Gasteiger partial charge in [0.25, 0.3) is 0 Å². The smallest absolute Gasteiger partial charge is 0.224 e. The minimum atomic E-state index is 0. The van der Waals surface area contributed by atoms with Crippen LogP contribution in [-0.4, -0.2) is 25.5 Å². The van der Waals surface area contributed by atoms with Gasteiger partial charge in [0.05, 0.1) is 0 Å². The molecule has 132 valence electrons. The molecule has 3 aliphatic rings. The Morgan fingerprint density at radius 1 is 1.29 bits per heavy atom. The second-order valence-electron chi connectivity index (χ2n) is 7.72. The molecule has 0 bridgehead atoms. The third-order valence-electron chi connectivity index (χ3n) is 6.27. The first kappa shape index (κ1) is 17.8. The molecule has 0 aromatic heterocycles. The number of carbonyl (C=O) groups is 1. The molecule has 0 radical (unpaired) electrons. The van der Waals surface area contributed by atoms with Gasteiger partial charge < -0.3 is 10.6 Å². The van der Waals surface area contributed by atoms with E-state index in [0.29, 0.717) is 5.91 Å². The number of halogens is 1. The van der Waals surface area contributed by atoms with Crippen LogP contribution in [-0.2, 0) is 16.6 Å². The van der Waals surface area contributed by atoms with Crippen LogP contribution in [0.4, 0.5) is 0 Å². The largest absolute Gasteiger partial charge is 0.356 e. The Morgan fingerprint density at radius 2 is 2.17 bits per heavy atom. The minimum absolute atomic E-state index is 0. The summed E-state index contributed by atoms with van der Waals surface area (Å²) in [6.07, 6.45) is 8.37. The first-order chi connectivity index (χ1) is 11.3. The molecule has 4 heteroatoms. The molecule has 24 heavy (non-hydrogen) atoms. The molecule has 2 aliphatic carbocycles. The third kappa shape index (κ3) is 3.34. The number of amides is 1. The monoisotopic (exact) mass is 348 g/mol. The summed E-state index contributed by atoms with van der Waals surface area (Å²) >= 11 is 0. The number of hydrogen-bond donors (Lipinski definition) is 2. The van der Waals surface area contributed by atoms with E-state index in [1.807, 2.05) is 0 Å². The highest BCUT2D eigenvalue weighted by Gasteiger charge is 2.59. The second kappa shape index (κ2) is 7.45. The number of benzene rings is 1. The van der Waals surface area contributed by atoms with Crippen molar-refractivity contribution >= 4 is 18.3 Å². The van der Waals surface area contributed by atoms with Gasteiger partial charge in [0.1, 0.15) is 0 Å². The van der Waals surface area contributed by atoms with Gasteiger partial charge in [-0.1, -0.05) is 24.3 Å². The Balaban J connectivity index is 0.00000169. The summed E-state index contributed by atoms with van der Waals surface area (Å²) in [4.78, 5) is 12.6. The number of carbonyl (C=O) groups excluding carboxylic acids is 1. The summed E-state index contributed by atoms with van der Waals surface area (Å²) in [5, 5.41) is 6.68. The van der Waals surface area contributed by atoms with Crippen molar-refractivity contribution < 1.29 is 4.79 Å². The van der Waals surface area contributed by atoms with E-state index < -0.39 is 0 Å². The molecule has 2 N–H and O–H groups in total. The maximum Gasteiger partial charge on any atom is 0.224 e. The van der Waals surface area contributed by atoms with E-state index in [0.717, 1.165) is 38.4 Å². The lowest BCUT2D eigenvalue weighted by molar-refractivity contribution is -0.122. The first-order valence-corrected chi connectivity index (χ1v) is 9.36. The number of piperidine rings is 1. The molecular weight excluding hydrogens is 320 g/mol. The topological polar surface area (TPSA) is 41.1 Å². The maximum absolute atomic E-state index is 12.6. The second-order valence-corrected chi connectivity index (χ2v) is 7.72. The highest BCUT2D eigenvalue weighted by molar-refractivity contribution is 5.85. The summed E-state index contributed by atoms with van der Waals surface area (Å²) < 4.78 is 0. The van der Waals surface area contributed by atoms with Crippen LogP contribution in [0, 0.1) is 11.8 Å². The molecule has 3 atom stereocenters. The average molecular weight is 349 g/mol. The summed E-state index contributed by atoms with van der Waals surface area (Å²) in [5.74, 6) is 1.26. The Kier molecular flexibility index (Phi) is 5.51. The molecule has 2 fully saturated rings. The molecule has 1 saturated carbocycles. The number of rotatable bonds is 4. The van der Waals surface area contributed by atoms with Crippen LogP contribution >= 0.6 is 12.4 Å². The summed E-state index contributed by atoms with van der Waals surface area (Å²) in [5.41, 5.74) is 3.11. The van der Waals surface area contributed by atoms with E-state index in [1.54, 1.807) is 0 Å². The fourth-order valence-electron chi connectivity index (χ4n) is 4.87. The SMILES string of the molecule is Cl.O=C(NCCC1CCCNC1)C1CC12CCCc1ccccc12. The Hall–Kier alpha value is -1.06. The Bertz CT molecular complexity index is 585. The Morgan fingerprint density at radius 3 is 3.00 bits per heavy atom. The molecule has 4 rings (SSSR count). The van der Waals surface area contributed by atoms with Crippen LogP contribution in [0.5, 0.6) is 0 Å². The maximum atomic E-state index is 12.6. The van der Waals surface area contributed by atoms with Gasteiger partial charge in [0, 0.05) is 17.9 Å². The van der Waals surface area contributed by atoms with Gasteiger partial charge in [-0.25, -0.2) is 0 Å². The molecule has 3 unspecified atom stereocenters. The normalized spacial score (nSPS) is 31.0. The zero-order valence-corrected chi connectivity index (χ0v) is 15.2. The van der Waals surface area contributed by atoms with Crippen LogP contribution in [0.1, 0.15) is 49.7 Å². The van der Waals surface area contributed by atoms with Gasteiger partial charge in [0.15, 0.2) is 0 Å². The van der Waals surface area contributed by atoms with E-state index in [-0.39, 0.29) is 23.7 Å². The van der Waals surface area contributed by atoms with Crippen molar-refractivity contribution in [2.75, 3.05) is 19.6 Å². The first-order valence-electron chi connectivity index (χ1n) is 9.36. The van der Waals surface area contributed by atoms with Gasteiger partial charge in [-0.3, -0.25) is 4.79 Å². The standard InChI is InChI=1S/C20H28N2O.ClH/c23-19(22-12-9-15-5-4-11-21-14-15)18-13-20(18)10-3-7-16-6-1-2-8-17(16)20;/h1-2,6,8,15,18,21H,3-5,7,9-14H2,(H,22,23);1H. The number of fused-ring (bicyclic) bond motifs is 2. The predicted molar refractivity (Wildman–Crippen MR) is 99.6 cm³/mol.